The Kier molecular flexibility index (Phi) is 2.48. The van der Waals surface area contributed by atoms with E-state index in [1.807, 2.05) is 0 Å². The number of aldehydes is 1. The topological polar surface area (TPSA) is 17.1 Å². The average Bonchev–Trinajstić information content (AvgIpc) is 2.30. The SMILES string of the molecule is CC1=C(C=O)[C@H](C(C)C)CC1. The van der Waals surface area contributed by atoms with Crippen LogP contribution in [-0.4, -0.2) is 6.29 Å². The van der Waals surface area contributed by atoms with Crippen molar-refractivity contribution in [2.45, 2.75) is 33.6 Å². The van der Waals surface area contributed by atoms with E-state index < -0.39 is 0 Å². The van der Waals surface area contributed by atoms with Crippen molar-refractivity contribution in [3.8, 4) is 0 Å². The van der Waals surface area contributed by atoms with E-state index in [0.29, 0.717) is 11.8 Å². The lowest BCUT2D eigenvalue weighted by Crippen LogP contribution is -2.08. The van der Waals surface area contributed by atoms with Crippen LogP contribution in [0, 0.1) is 11.8 Å². The molecule has 0 fully saturated rings. The number of carbonyl (C=O) groups is 1. The summed E-state index contributed by atoms with van der Waals surface area (Å²) in [6.07, 6.45) is 3.35. The monoisotopic (exact) mass is 152 g/mol. The van der Waals surface area contributed by atoms with E-state index in [-0.39, 0.29) is 0 Å². The van der Waals surface area contributed by atoms with E-state index in [1.165, 1.54) is 12.0 Å². The summed E-state index contributed by atoms with van der Waals surface area (Å²) in [7, 11) is 0. The molecule has 1 nitrogen and oxygen atoms in total. The number of rotatable bonds is 2. The van der Waals surface area contributed by atoms with Crippen molar-refractivity contribution in [3.05, 3.63) is 11.1 Å². The fourth-order valence-electron chi connectivity index (χ4n) is 1.87. The third-order valence-corrected chi connectivity index (χ3v) is 2.65. The molecule has 0 aromatic carbocycles. The zero-order chi connectivity index (χ0) is 8.43. The van der Waals surface area contributed by atoms with Crippen molar-refractivity contribution in [2.75, 3.05) is 0 Å². The molecule has 11 heavy (non-hydrogen) atoms. The Labute approximate surface area is 68.5 Å². The first-order valence-electron chi connectivity index (χ1n) is 4.31. The van der Waals surface area contributed by atoms with Crippen LogP contribution in [0.3, 0.4) is 0 Å². The summed E-state index contributed by atoms with van der Waals surface area (Å²) >= 11 is 0. The summed E-state index contributed by atoms with van der Waals surface area (Å²) in [6.45, 7) is 6.45. The van der Waals surface area contributed by atoms with Gasteiger partial charge in [0.1, 0.15) is 6.29 Å². The lowest BCUT2D eigenvalue weighted by molar-refractivity contribution is -0.105. The molecule has 0 aromatic heterocycles. The first-order valence-corrected chi connectivity index (χ1v) is 4.31. The largest absolute Gasteiger partial charge is 0.298 e. The number of hydrogen-bond acceptors (Lipinski definition) is 1. The maximum absolute atomic E-state index is 10.7. The van der Waals surface area contributed by atoms with Gasteiger partial charge in [-0.1, -0.05) is 19.4 Å². The van der Waals surface area contributed by atoms with Gasteiger partial charge in [0, 0.05) is 0 Å². The minimum Gasteiger partial charge on any atom is -0.298 e. The molecule has 0 bridgehead atoms. The van der Waals surface area contributed by atoms with Gasteiger partial charge in [-0.05, 0) is 37.2 Å². The highest BCUT2D eigenvalue weighted by Crippen LogP contribution is 2.35. The minimum atomic E-state index is 0.535. The van der Waals surface area contributed by atoms with Gasteiger partial charge in [-0.3, -0.25) is 4.79 Å². The van der Waals surface area contributed by atoms with Crippen LogP contribution in [-0.2, 0) is 4.79 Å². The molecule has 62 valence electrons. The molecule has 1 atom stereocenters. The molecule has 0 unspecified atom stereocenters. The number of allylic oxidation sites excluding steroid dienone is 2. The van der Waals surface area contributed by atoms with Crippen molar-refractivity contribution in [2.24, 2.45) is 11.8 Å². The van der Waals surface area contributed by atoms with Gasteiger partial charge in [0.05, 0.1) is 0 Å². The highest BCUT2D eigenvalue weighted by molar-refractivity contribution is 5.76. The highest BCUT2D eigenvalue weighted by atomic mass is 16.1. The van der Waals surface area contributed by atoms with E-state index >= 15 is 0 Å². The molecule has 0 aromatic rings. The molecule has 0 saturated carbocycles. The lowest BCUT2D eigenvalue weighted by Gasteiger charge is -2.14. The first-order chi connectivity index (χ1) is 5.16. The smallest absolute Gasteiger partial charge is 0.146 e. The molecule has 0 saturated heterocycles. The van der Waals surface area contributed by atoms with Crippen molar-refractivity contribution in [1.29, 1.82) is 0 Å². The van der Waals surface area contributed by atoms with Gasteiger partial charge in [0.2, 0.25) is 0 Å². The molecule has 1 rings (SSSR count). The summed E-state index contributed by atoms with van der Waals surface area (Å²) in [5.74, 6) is 1.15. The highest BCUT2D eigenvalue weighted by Gasteiger charge is 2.24. The third-order valence-electron chi connectivity index (χ3n) is 2.65. The van der Waals surface area contributed by atoms with Crippen molar-refractivity contribution < 1.29 is 4.79 Å². The average molecular weight is 152 g/mol. The Bertz CT molecular complexity index is 189. The van der Waals surface area contributed by atoms with Crippen molar-refractivity contribution >= 4 is 6.29 Å². The molecule has 0 radical (unpaired) electrons. The molecular formula is C10H16O. The van der Waals surface area contributed by atoms with E-state index in [0.717, 1.165) is 18.3 Å². The van der Waals surface area contributed by atoms with Crippen LogP contribution in [0.2, 0.25) is 0 Å². The standard InChI is InChI=1S/C10H16O/c1-7(2)9-5-4-8(3)10(9)6-11/h6-7,9H,4-5H2,1-3H3/t9-/m0/s1. The van der Waals surface area contributed by atoms with Crippen LogP contribution in [0.15, 0.2) is 11.1 Å². The second kappa shape index (κ2) is 3.21. The van der Waals surface area contributed by atoms with Gasteiger partial charge in [0.25, 0.3) is 0 Å². The fourth-order valence-corrected chi connectivity index (χ4v) is 1.87. The van der Waals surface area contributed by atoms with Gasteiger partial charge < -0.3 is 0 Å². The maximum atomic E-state index is 10.7. The van der Waals surface area contributed by atoms with E-state index in [4.69, 9.17) is 0 Å². The third kappa shape index (κ3) is 1.52. The fraction of sp³-hybridized carbons (Fsp3) is 0.700. The number of hydrogen-bond donors (Lipinski definition) is 0. The zero-order valence-corrected chi connectivity index (χ0v) is 7.55. The van der Waals surface area contributed by atoms with E-state index in [9.17, 15) is 4.79 Å². The summed E-state index contributed by atoms with van der Waals surface area (Å²) < 4.78 is 0. The molecule has 0 spiro atoms. The van der Waals surface area contributed by atoms with Gasteiger partial charge in [0.15, 0.2) is 0 Å². The maximum Gasteiger partial charge on any atom is 0.146 e. The molecule has 1 aliphatic rings. The van der Waals surface area contributed by atoms with Gasteiger partial charge in [-0.25, -0.2) is 0 Å². The Balaban J connectivity index is 2.80. The molecule has 1 aliphatic carbocycles. The van der Waals surface area contributed by atoms with Gasteiger partial charge in [-0.2, -0.15) is 0 Å². The van der Waals surface area contributed by atoms with Crippen LogP contribution in [0.1, 0.15) is 33.6 Å². The van der Waals surface area contributed by atoms with Crippen molar-refractivity contribution in [1.82, 2.24) is 0 Å². The van der Waals surface area contributed by atoms with Gasteiger partial charge in [-0.15, -0.1) is 0 Å². The summed E-state index contributed by atoms with van der Waals surface area (Å²) in [5.41, 5.74) is 2.37. The van der Waals surface area contributed by atoms with E-state index in [2.05, 4.69) is 20.8 Å². The summed E-state index contributed by atoms with van der Waals surface area (Å²) in [5, 5.41) is 0. The van der Waals surface area contributed by atoms with Gasteiger partial charge >= 0.3 is 0 Å². The normalized spacial score (nSPS) is 24.9. The minimum absolute atomic E-state index is 0.535. The Morgan fingerprint density at radius 2 is 2.18 bits per heavy atom. The van der Waals surface area contributed by atoms with Crippen LogP contribution < -0.4 is 0 Å². The molecule has 0 heterocycles. The Morgan fingerprint density at radius 3 is 2.55 bits per heavy atom. The molecule has 0 N–H and O–H groups in total. The molecular weight excluding hydrogens is 136 g/mol. The Hall–Kier alpha value is -0.590. The summed E-state index contributed by atoms with van der Waals surface area (Å²) in [4.78, 5) is 10.7. The quantitative estimate of drug-likeness (QED) is 0.556. The molecule has 1 heteroatoms. The predicted octanol–water partition coefficient (Wildman–Crippen LogP) is 2.57. The zero-order valence-electron chi connectivity index (χ0n) is 7.55. The first kappa shape index (κ1) is 8.51. The second-order valence-corrected chi connectivity index (χ2v) is 3.74. The Morgan fingerprint density at radius 1 is 1.55 bits per heavy atom. The van der Waals surface area contributed by atoms with Crippen LogP contribution >= 0.6 is 0 Å². The number of carbonyl (C=O) groups excluding carboxylic acids is 1. The van der Waals surface area contributed by atoms with Crippen LogP contribution in [0.5, 0.6) is 0 Å². The summed E-state index contributed by atoms with van der Waals surface area (Å²) in [6, 6.07) is 0. The lowest BCUT2D eigenvalue weighted by atomic mass is 9.90. The second-order valence-electron chi connectivity index (χ2n) is 3.74. The van der Waals surface area contributed by atoms with Crippen molar-refractivity contribution in [3.63, 3.8) is 0 Å². The van der Waals surface area contributed by atoms with Crippen LogP contribution in [0.4, 0.5) is 0 Å². The molecule has 0 aliphatic heterocycles. The van der Waals surface area contributed by atoms with E-state index in [1.54, 1.807) is 0 Å². The predicted molar refractivity (Wildman–Crippen MR) is 46.3 cm³/mol. The van der Waals surface area contributed by atoms with Crippen LogP contribution in [0.25, 0.3) is 0 Å². The molecule has 0 amide bonds.